The van der Waals surface area contributed by atoms with Crippen LogP contribution in [0.5, 0.6) is 0 Å². The van der Waals surface area contributed by atoms with Gasteiger partial charge >= 0.3 is 0 Å². The summed E-state index contributed by atoms with van der Waals surface area (Å²) >= 11 is 5.00. The van der Waals surface area contributed by atoms with Crippen LogP contribution in [0.4, 0.5) is 0 Å². The molecule has 0 aliphatic carbocycles. The molecule has 0 saturated carbocycles. The van der Waals surface area contributed by atoms with E-state index in [4.69, 9.17) is 12.2 Å². The molecule has 1 aromatic heterocycles. The predicted octanol–water partition coefficient (Wildman–Crippen LogP) is 1.33. The Morgan fingerprint density at radius 1 is 1.33 bits per heavy atom. The summed E-state index contributed by atoms with van der Waals surface area (Å²) in [7, 11) is 1.79. The van der Waals surface area contributed by atoms with Crippen LogP contribution in [0, 0.1) is 11.7 Å². The Hall–Kier alpha value is -2.28. The molecule has 2 N–H and O–H groups in total. The van der Waals surface area contributed by atoms with Gasteiger partial charge in [0.2, 0.25) is 5.78 Å². The minimum Gasteiger partial charge on any atom is -0.349 e. The van der Waals surface area contributed by atoms with E-state index in [9.17, 15) is 9.59 Å². The zero-order chi connectivity index (χ0) is 15.4. The van der Waals surface area contributed by atoms with E-state index < -0.39 is 11.7 Å². The molecule has 2 rings (SSSR count). The summed E-state index contributed by atoms with van der Waals surface area (Å²) in [6.07, 6.45) is 0.497. The van der Waals surface area contributed by atoms with Crippen molar-refractivity contribution in [3.8, 4) is 0 Å². The predicted molar refractivity (Wildman–Crippen MR) is 80.6 cm³/mol. The van der Waals surface area contributed by atoms with Crippen molar-refractivity contribution in [3.05, 3.63) is 46.0 Å². The Bertz CT molecular complexity index is 715. The topological polar surface area (TPSA) is 79.8 Å². The van der Waals surface area contributed by atoms with Crippen LogP contribution < -0.4 is 5.32 Å². The van der Waals surface area contributed by atoms with Crippen LogP contribution in [0.3, 0.4) is 0 Å². The Balaban J connectivity index is 1.90. The number of carbonyl (C=O) groups excluding carboxylic acids is 2. The number of carbonyl (C=O) groups is 2. The van der Waals surface area contributed by atoms with Crippen LogP contribution in [-0.2, 0) is 18.3 Å². The average Bonchev–Trinajstić information content (AvgIpc) is 2.79. The van der Waals surface area contributed by atoms with E-state index in [0.29, 0.717) is 23.3 Å². The second kappa shape index (κ2) is 6.45. The summed E-state index contributed by atoms with van der Waals surface area (Å²) < 4.78 is 2.25. The Morgan fingerprint density at radius 2 is 2.00 bits per heavy atom. The number of amides is 1. The number of aryl methyl sites for hydroxylation is 1. The number of aromatic amines is 1. The molecule has 1 amide bonds. The number of nitrogens with zero attached hydrogens (tertiary/aromatic N) is 2. The number of aromatic nitrogens is 3. The lowest BCUT2D eigenvalue weighted by Crippen LogP contribution is -2.32. The molecule has 0 atom stereocenters. The largest absolute Gasteiger partial charge is 0.349 e. The Morgan fingerprint density at radius 3 is 2.57 bits per heavy atom. The normalized spacial score (nSPS) is 10.4. The standard InChI is InChI=1S/C14H16N4O2S/c1-9-3-5-10(6-4-9)12(19)13(20)15-8-7-11-16-17-14(21)18(11)2/h3-6H,7-8H2,1-2H3,(H,15,20)(H,17,21). The number of H-pyrrole nitrogens is 1. The van der Waals surface area contributed by atoms with Crippen LogP contribution in [0.25, 0.3) is 0 Å². The van der Waals surface area contributed by atoms with Crippen molar-refractivity contribution in [2.75, 3.05) is 6.54 Å². The summed E-state index contributed by atoms with van der Waals surface area (Å²) in [6.45, 7) is 2.25. The number of benzene rings is 1. The van der Waals surface area contributed by atoms with Crippen LogP contribution in [0.1, 0.15) is 21.7 Å². The maximum atomic E-state index is 11.9. The van der Waals surface area contributed by atoms with Crippen LogP contribution in [-0.4, -0.2) is 33.0 Å². The highest BCUT2D eigenvalue weighted by atomic mass is 32.1. The first-order valence-corrected chi connectivity index (χ1v) is 6.89. The van der Waals surface area contributed by atoms with Crippen molar-refractivity contribution < 1.29 is 9.59 Å². The molecule has 21 heavy (non-hydrogen) atoms. The molecular weight excluding hydrogens is 288 g/mol. The number of rotatable bonds is 5. The average molecular weight is 304 g/mol. The highest BCUT2D eigenvalue weighted by molar-refractivity contribution is 7.71. The molecule has 1 heterocycles. The third kappa shape index (κ3) is 3.63. The van der Waals surface area contributed by atoms with Gasteiger partial charge in [0.05, 0.1) is 0 Å². The molecule has 0 aliphatic rings. The van der Waals surface area contributed by atoms with E-state index >= 15 is 0 Å². The van der Waals surface area contributed by atoms with E-state index in [-0.39, 0.29) is 0 Å². The molecule has 110 valence electrons. The van der Waals surface area contributed by atoms with Crippen molar-refractivity contribution in [1.29, 1.82) is 0 Å². The zero-order valence-electron chi connectivity index (χ0n) is 11.8. The molecule has 7 heteroatoms. The van der Waals surface area contributed by atoms with Gasteiger partial charge in [-0.25, -0.2) is 0 Å². The number of Topliss-reactive ketones (excluding diaryl/α,β-unsaturated/α-hetero) is 1. The number of ketones is 1. The molecule has 0 saturated heterocycles. The number of hydrogen-bond acceptors (Lipinski definition) is 4. The van der Waals surface area contributed by atoms with E-state index in [0.717, 1.165) is 11.4 Å². The van der Waals surface area contributed by atoms with Crippen LogP contribution in [0.15, 0.2) is 24.3 Å². The van der Waals surface area contributed by atoms with E-state index in [1.807, 2.05) is 6.92 Å². The maximum absolute atomic E-state index is 11.9. The zero-order valence-corrected chi connectivity index (χ0v) is 12.7. The van der Waals surface area contributed by atoms with Crippen molar-refractivity contribution in [1.82, 2.24) is 20.1 Å². The quantitative estimate of drug-likeness (QED) is 0.496. The SMILES string of the molecule is Cc1ccc(C(=O)C(=O)NCCc2n[nH]c(=S)n2C)cc1. The summed E-state index contributed by atoms with van der Waals surface area (Å²) in [4.78, 5) is 23.7. The van der Waals surface area contributed by atoms with Crippen LogP contribution >= 0.6 is 12.2 Å². The van der Waals surface area contributed by atoms with E-state index in [1.165, 1.54) is 0 Å². The first-order valence-electron chi connectivity index (χ1n) is 6.48. The molecule has 2 aromatic rings. The van der Waals surface area contributed by atoms with Gasteiger partial charge in [-0.3, -0.25) is 14.7 Å². The second-order valence-electron chi connectivity index (χ2n) is 4.71. The summed E-state index contributed by atoms with van der Waals surface area (Å²) in [6, 6.07) is 6.90. The van der Waals surface area contributed by atoms with E-state index in [1.54, 1.807) is 35.9 Å². The molecule has 0 fully saturated rings. The first kappa shape index (κ1) is 15.1. The van der Waals surface area contributed by atoms with Crippen molar-refractivity contribution in [2.45, 2.75) is 13.3 Å². The minimum absolute atomic E-state index is 0.323. The van der Waals surface area contributed by atoms with Crippen molar-refractivity contribution in [3.63, 3.8) is 0 Å². The van der Waals surface area contributed by atoms with Crippen molar-refractivity contribution >= 4 is 23.9 Å². The third-order valence-corrected chi connectivity index (χ3v) is 3.49. The minimum atomic E-state index is -0.615. The summed E-state index contributed by atoms with van der Waals surface area (Å²) in [5, 5.41) is 9.29. The first-order chi connectivity index (χ1) is 9.99. The van der Waals surface area contributed by atoms with E-state index in [2.05, 4.69) is 15.5 Å². The fourth-order valence-electron chi connectivity index (χ4n) is 1.81. The van der Waals surface area contributed by atoms with Gasteiger partial charge < -0.3 is 9.88 Å². The molecule has 1 aromatic carbocycles. The maximum Gasteiger partial charge on any atom is 0.292 e. The van der Waals surface area contributed by atoms with Crippen molar-refractivity contribution in [2.24, 2.45) is 7.05 Å². The number of nitrogens with one attached hydrogen (secondary N) is 2. The van der Waals surface area contributed by atoms with Gasteiger partial charge in [-0.05, 0) is 19.1 Å². The Labute approximate surface area is 127 Å². The summed E-state index contributed by atoms with van der Waals surface area (Å²) in [5.74, 6) is -0.427. The smallest absolute Gasteiger partial charge is 0.292 e. The molecule has 0 spiro atoms. The highest BCUT2D eigenvalue weighted by Crippen LogP contribution is 2.04. The van der Waals surface area contributed by atoms with Gasteiger partial charge in [-0.2, -0.15) is 5.10 Å². The third-order valence-electron chi connectivity index (χ3n) is 3.13. The summed E-state index contributed by atoms with van der Waals surface area (Å²) in [5.41, 5.74) is 1.42. The van der Waals surface area contributed by atoms with Gasteiger partial charge in [-0.1, -0.05) is 29.8 Å². The molecule has 0 radical (unpaired) electrons. The molecule has 0 unspecified atom stereocenters. The van der Waals surface area contributed by atoms with Gasteiger partial charge in [0, 0.05) is 25.6 Å². The Kier molecular flexibility index (Phi) is 4.64. The van der Waals surface area contributed by atoms with Gasteiger partial charge in [-0.15, -0.1) is 0 Å². The van der Waals surface area contributed by atoms with Gasteiger partial charge in [0.25, 0.3) is 5.91 Å². The van der Waals surface area contributed by atoms with Gasteiger partial charge in [0.1, 0.15) is 5.82 Å². The second-order valence-corrected chi connectivity index (χ2v) is 5.09. The lowest BCUT2D eigenvalue weighted by atomic mass is 10.1. The van der Waals surface area contributed by atoms with Gasteiger partial charge in [0.15, 0.2) is 4.77 Å². The molecule has 0 aliphatic heterocycles. The fourth-order valence-corrected chi connectivity index (χ4v) is 1.96. The molecular formula is C14H16N4O2S. The molecule has 0 bridgehead atoms. The fraction of sp³-hybridized carbons (Fsp3) is 0.286. The lowest BCUT2D eigenvalue weighted by Gasteiger charge is -2.04. The molecule has 6 nitrogen and oxygen atoms in total. The monoisotopic (exact) mass is 304 g/mol. The lowest BCUT2D eigenvalue weighted by molar-refractivity contribution is -0.116. The highest BCUT2D eigenvalue weighted by Gasteiger charge is 2.15. The number of hydrogen-bond donors (Lipinski definition) is 2. The van der Waals surface area contributed by atoms with Crippen LogP contribution in [0.2, 0.25) is 0 Å².